The number of carbonyl (C=O) groups is 3. The van der Waals surface area contributed by atoms with Crippen LogP contribution in [0, 0.1) is 25.2 Å². The van der Waals surface area contributed by atoms with E-state index in [1.165, 1.54) is 0 Å². The molecule has 1 aromatic carbocycles. The Morgan fingerprint density at radius 3 is 2.38 bits per heavy atom. The standard InChI is InChI=1S/C25H35N3O4/c1-4-32-24(31)28-11-7-19(8-12-28)26-22(29)21-16-25(21)9-13-27(14-10-25)23(30)20-6-5-17(2)15-18(20)3/h5-6,15,19,21H,4,7-14,16H2,1-3H3,(H,26,29)/t21-/m1/s1. The number of nitrogens with one attached hydrogen (secondary N) is 1. The maximum Gasteiger partial charge on any atom is 0.409 e. The lowest BCUT2D eigenvalue weighted by Gasteiger charge is -2.34. The van der Waals surface area contributed by atoms with Crippen LogP contribution in [-0.4, -0.2) is 66.5 Å². The highest BCUT2D eigenvalue weighted by atomic mass is 16.6. The number of ether oxygens (including phenoxy) is 1. The summed E-state index contributed by atoms with van der Waals surface area (Å²) in [6.45, 7) is 8.89. The van der Waals surface area contributed by atoms with E-state index >= 15 is 0 Å². The summed E-state index contributed by atoms with van der Waals surface area (Å²) in [5.74, 6) is 0.310. The van der Waals surface area contributed by atoms with E-state index in [2.05, 4.69) is 11.4 Å². The molecule has 1 aromatic rings. The first-order valence-corrected chi connectivity index (χ1v) is 11.9. The topological polar surface area (TPSA) is 79.0 Å². The van der Waals surface area contributed by atoms with E-state index in [9.17, 15) is 14.4 Å². The molecule has 32 heavy (non-hydrogen) atoms. The quantitative estimate of drug-likeness (QED) is 0.778. The van der Waals surface area contributed by atoms with Gasteiger partial charge >= 0.3 is 6.09 Å². The lowest BCUT2D eigenvalue weighted by atomic mass is 9.90. The molecule has 7 nitrogen and oxygen atoms in total. The van der Waals surface area contributed by atoms with Gasteiger partial charge in [0.05, 0.1) is 6.61 Å². The molecule has 1 aliphatic carbocycles. The number of likely N-dealkylation sites (tertiary alicyclic amines) is 2. The first-order chi connectivity index (χ1) is 15.3. The van der Waals surface area contributed by atoms with Crippen LogP contribution in [0.1, 0.15) is 60.5 Å². The normalized spacial score (nSPS) is 22.5. The van der Waals surface area contributed by atoms with E-state index in [1.54, 1.807) is 11.8 Å². The van der Waals surface area contributed by atoms with Gasteiger partial charge in [-0.1, -0.05) is 17.7 Å². The molecule has 2 aliphatic heterocycles. The van der Waals surface area contributed by atoms with Gasteiger partial charge in [-0.25, -0.2) is 4.79 Å². The zero-order chi connectivity index (χ0) is 22.9. The third-order valence-electron chi connectivity index (χ3n) is 7.53. The van der Waals surface area contributed by atoms with Crippen LogP contribution in [0.25, 0.3) is 0 Å². The van der Waals surface area contributed by atoms with Crippen LogP contribution >= 0.6 is 0 Å². The highest BCUT2D eigenvalue weighted by Crippen LogP contribution is 2.59. The van der Waals surface area contributed by atoms with Crippen molar-refractivity contribution >= 4 is 17.9 Å². The minimum atomic E-state index is -0.263. The molecule has 0 bridgehead atoms. The molecule has 3 aliphatic rings. The van der Waals surface area contributed by atoms with E-state index in [-0.39, 0.29) is 35.3 Å². The Hall–Kier alpha value is -2.57. The van der Waals surface area contributed by atoms with Crippen molar-refractivity contribution in [3.8, 4) is 0 Å². The highest BCUT2D eigenvalue weighted by molar-refractivity contribution is 5.95. The van der Waals surface area contributed by atoms with Gasteiger partial charge in [-0.05, 0) is 69.9 Å². The van der Waals surface area contributed by atoms with E-state index in [1.807, 2.05) is 30.9 Å². The van der Waals surface area contributed by atoms with Gasteiger partial charge in [-0.15, -0.1) is 0 Å². The number of benzene rings is 1. The summed E-state index contributed by atoms with van der Waals surface area (Å²) >= 11 is 0. The zero-order valence-corrected chi connectivity index (χ0v) is 19.5. The number of piperidine rings is 2. The molecule has 0 radical (unpaired) electrons. The molecule has 3 amide bonds. The van der Waals surface area contributed by atoms with Crippen molar-refractivity contribution < 1.29 is 19.1 Å². The van der Waals surface area contributed by atoms with Crippen molar-refractivity contribution in [3.63, 3.8) is 0 Å². The summed E-state index contributed by atoms with van der Waals surface area (Å²) in [5.41, 5.74) is 3.03. The molecule has 174 valence electrons. The average Bonchev–Trinajstić information content (AvgIpc) is 3.48. The number of aryl methyl sites for hydroxylation is 2. The Balaban J connectivity index is 1.24. The SMILES string of the molecule is CCOC(=O)N1CCC(NC(=O)[C@H]2CC23CCN(C(=O)c2ccc(C)cc2C)CC3)CC1. The molecule has 1 saturated carbocycles. The molecule has 7 heteroatoms. The zero-order valence-electron chi connectivity index (χ0n) is 19.5. The van der Waals surface area contributed by atoms with Crippen LogP contribution in [0.2, 0.25) is 0 Å². The third kappa shape index (κ3) is 4.62. The third-order valence-corrected chi connectivity index (χ3v) is 7.53. The fourth-order valence-corrected chi connectivity index (χ4v) is 5.37. The summed E-state index contributed by atoms with van der Waals surface area (Å²) < 4.78 is 5.06. The van der Waals surface area contributed by atoms with Crippen molar-refractivity contribution in [1.82, 2.24) is 15.1 Å². The monoisotopic (exact) mass is 441 g/mol. The second-order valence-electron chi connectivity index (χ2n) is 9.70. The second-order valence-corrected chi connectivity index (χ2v) is 9.70. The van der Waals surface area contributed by atoms with Crippen LogP contribution in [0.5, 0.6) is 0 Å². The van der Waals surface area contributed by atoms with Gasteiger partial charge in [0, 0.05) is 43.7 Å². The van der Waals surface area contributed by atoms with Crippen LogP contribution in [0.15, 0.2) is 18.2 Å². The number of nitrogens with zero attached hydrogens (tertiary/aromatic N) is 2. The maximum atomic E-state index is 13.0. The van der Waals surface area contributed by atoms with E-state index in [0.717, 1.165) is 48.8 Å². The molecular weight excluding hydrogens is 406 g/mol. The Morgan fingerprint density at radius 2 is 1.75 bits per heavy atom. The van der Waals surface area contributed by atoms with Crippen LogP contribution in [0.4, 0.5) is 4.79 Å². The molecule has 3 fully saturated rings. The summed E-state index contributed by atoms with van der Waals surface area (Å²) in [6, 6.07) is 6.09. The van der Waals surface area contributed by atoms with E-state index < -0.39 is 0 Å². The van der Waals surface area contributed by atoms with Crippen LogP contribution < -0.4 is 5.32 Å². The van der Waals surface area contributed by atoms with Gasteiger partial charge < -0.3 is 19.9 Å². The maximum absolute atomic E-state index is 13.0. The summed E-state index contributed by atoms with van der Waals surface area (Å²) in [5, 5.41) is 3.22. The fraction of sp³-hybridized carbons (Fsp3) is 0.640. The van der Waals surface area contributed by atoms with Gasteiger partial charge in [0.1, 0.15) is 0 Å². The summed E-state index contributed by atoms with van der Waals surface area (Å²) in [6.07, 6.45) is 3.98. The van der Waals surface area contributed by atoms with Crippen molar-refractivity contribution in [2.24, 2.45) is 11.3 Å². The number of hydrogen-bond acceptors (Lipinski definition) is 4. The number of hydrogen-bond donors (Lipinski definition) is 1. The second kappa shape index (κ2) is 9.12. The van der Waals surface area contributed by atoms with Gasteiger partial charge in [-0.2, -0.15) is 0 Å². The van der Waals surface area contributed by atoms with Crippen molar-refractivity contribution in [2.75, 3.05) is 32.8 Å². The highest BCUT2D eigenvalue weighted by Gasteiger charge is 2.58. The molecule has 1 spiro atoms. The Bertz CT molecular complexity index is 883. The average molecular weight is 442 g/mol. The lowest BCUT2D eigenvalue weighted by molar-refractivity contribution is -0.124. The summed E-state index contributed by atoms with van der Waals surface area (Å²) in [7, 11) is 0. The predicted molar refractivity (Wildman–Crippen MR) is 121 cm³/mol. The van der Waals surface area contributed by atoms with Gasteiger partial charge in [-0.3, -0.25) is 9.59 Å². The Morgan fingerprint density at radius 1 is 1.06 bits per heavy atom. The predicted octanol–water partition coefficient (Wildman–Crippen LogP) is 3.28. The minimum Gasteiger partial charge on any atom is -0.450 e. The number of rotatable bonds is 4. The Labute approximate surface area is 190 Å². The van der Waals surface area contributed by atoms with Gasteiger partial charge in [0.25, 0.3) is 5.91 Å². The largest absolute Gasteiger partial charge is 0.450 e. The van der Waals surface area contributed by atoms with Gasteiger partial charge in [0.2, 0.25) is 5.91 Å². The van der Waals surface area contributed by atoms with Crippen molar-refractivity contribution in [1.29, 1.82) is 0 Å². The van der Waals surface area contributed by atoms with Crippen LogP contribution in [0.3, 0.4) is 0 Å². The van der Waals surface area contributed by atoms with Gasteiger partial charge in [0.15, 0.2) is 0 Å². The number of carbonyl (C=O) groups excluding carboxylic acids is 3. The van der Waals surface area contributed by atoms with Crippen molar-refractivity contribution in [3.05, 3.63) is 34.9 Å². The smallest absolute Gasteiger partial charge is 0.409 e. The van der Waals surface area contributed by atoms with E-state index in [0.29, 0.717) is 32.8 Å². The first-order valence-electron chi connectivity index (χ1n) is 11.9. The Kier molecular flexibility index (Phi) is 6.45. The summed E-state index contributed by atoms with van der Waals surface area (Å²) in [4.78, 5) is 41.3. The molecule has 1 atom stereocenters. The fourth-order valence-electron chi connectivity index (χ4n) is 5.37. The lowest BCUT2D eigenvalue weighted by Crippen LogP contribution is -2.47. The molecule has 2 saturated heterocycles. The minimum absolute atomic E-state index is 0.0592. The molecule has 2 heterocycles. The first kappa shape index (κ1) is 22.6. The molecule has 0 aromatic heterocycles. The molecule has 1 N–H and O–H groups in total. The molecule has 4 rings (SSSR count). The van der Waals surface area contributed by atoms with Crippen LogP contribution in [-0.2, 0) is 9.53 Å². The van der Waals surface area contributed by atoms with Crippen molar-refractivity contribution in [2.45, 2.75) is 58.9 Å². The molecule has 0 unspecified atom stereocenters. The molecular formula is C25H35N3O4. The number of amides is 3. The van der Waals surface area contributed by atoms with E-state index in [4.69, 9.17) is 4.74 Å².